The Bertz CT molecular complexity index is 1420. The Balaban J connectivity index is 1.64. The average Bonchev–Trinajstić information content (AvgIpc) is 3.32. The Morgan fingerprint density at radius 1 is 0.484 bits per heavy atom. The van der Waals surface area contributed by atoms with Crippen molar-refractivity contribution in [2.45, 2.75) is 5.41 Å². The molecule has 2 heteroatoms. The van der Waals surface area contributed by atoms with Crippen molar-refractivity contribution < 1.29 is 0 Å². The Hall–Kier alpha value is -4.04. The van der Waals surface area contributed by atoms with Gasteiger partial charge >= 0.3 is 0 Å². The summed E-state index contributed by atoms with van der Waals surface area (Å²) < 4.78 is 0. The number of fused-ring (bicyclic) bond motifs is 10. The fourth-order valence-electron chi connectivity index (χ4n) is 5.54. The first kappa shape index (κ1) is 16.7. The molecule has 0 bridgehead atoms. The van der Waals surface area contributed by atoms with Crippen molar-refractivity contribution in [3.8, 4) is 33.6 Å². The maximum Gasteiger partial charge on any atom is 0.159 e. The lowest BCUT2D eigenvalue weighted by Crippen LogP contribution is -2.27. The first-order valence-corrected chi connectivity index (χ1v) is 10.6. The minimum absolute atomic E-state index is 0.411. The minimum atomic E-state index is -0.411. The summed E-state index contributed by atoms with van der Waals surface area (Å²) in [6, 6.07) is 36.5. The molecule has 2 nitrogen and oxygen atoms in total. The second-order valence-electron chi connectivity index (χ2n) is 8.21. The summed E-state index contributed by atoms with van der Waals surface area (Å²) in [7, 11) is 0. The van der Waals surface area contributed by atoms with Crippen LogP contribution in [0, 0.1) is 0 Å². The van der Waals surface area contributed by atoms with E-state index in [0.717, 1.165) is 22.6 Å². The van der Waals surface area contributed by atoms with E-state index < -0.39 is 5.41 Å². The molecule has 0 N–H and O–H groups in total. The molecule has 144 valence electrons. The summed E-state index contributed by atoms with van der Waals surface area (Å²) in [6.07, 6.45) is 2.02. The monoisotopic (exact) mass is 394 g/mol. The van der Waals surface area contributed by atoms with Gasteiger partial charge < -0.3 is 0 Å². The van der Waals surface area contributed by atoms with Gasteiger partial charge in [0, 0.05) is 17.3 Å². The lowest BCUT2D eigenvalue weighted by atomic mass is 9.72. The highest BCUT2D eigenvalue weighted by Crippen LogP contribution is 2.61. The van der Waals surface area contributed by atoms with Gasteiger partial charge in [-0.25, -0.2) is 9.97 Å². The number of aromatic nitrogens is 2. The third-order valence-corrected chi connectivity index (χ3v) is 6.75. The molecule has 0 aliphatic heterocycles. The third-order valence-electron chi connectivity index (χ3n) is 6.75. The first-order chi connectivity index (χ1) is 15.4. The van der Waals surface area contributed by atoms with Crippen LogP contribution in [0.25, 0.3) is 33.6 Å². The van der Waals surface area contributed by atoms with Crippen LogP contribution in [0.4, 0.5) is 0 Å². The zero-order valence-electron chi connectivity index (χ0n) is 16.8. The van der Waals surface area contributed by atoms with Gasteiger partial charge in [0.25, 0.3) is 0 Å². The molecule has 0 saturated carbocycles. The van der Waals surface area contributed by atoms with Crippen LogP contribution in [0.5, 0.6) is 0 Å². The molecular formula is C29H18N2. The standard InChI is InChI=1S/C29H18N2/c1-2-10-19(11-3-1)28-30-18-23-22-14-6-9-17-26(22)29(27(23)31-28)24-15-7-4-12-20(24)21-13-5-8-16-25(21)29/h1-18H. The van der Waals surface area contributed by atoms with Gasteiger partial charge in [0.15, 0.2) is 5.82 Å². The molecule has 1 spiro atoms. The van der Waals surface area contributed by atoms with Crippen LogP contribution in [0.1, 0.15) is 22.4 Å². The molecule has 7 rings (SSSR count). The molecule has 4 aromatic carbocycles. The van der Waals surface area contributed by atoms with Crippen molar-refractivity contribution in [2.24, 2.45) is 0 Å². The second-order valence-corrected chi connectivity index (χ2v) is 8.21. The van der Waals surface area contributed by atoms with Gasteiger partial charge in [0.1, 0.15) is 0 Å². The molecule has 5 aromatic rings. The van der Waals surface area contributed by atoms with Gasteiger partial charge in [0.05, 0.1) is 11.1 Å². The maximum atomic E-state index is 5.26. The fraction of sp³-hybridized carbons (Fsp3) is 0.0345. The SMILES string of the molecule is c1ccc(-c2ncc3c(n2)C2(c4ccccc4-c4ccccc42)c2ccccc2-3)cc1. The molecule has 0 amide bonds. The lowest BCUT2D eigenvalue weighted by molar-refractivity contribution is 0.757. The smallest absolute Gasteiger partial charge is 0.159 e. The zero-order valence-corrected chi connectivity index (χ0v) is 16.8. The van der Waals surface area contributed by atoms with Crippen LogP contribution in [0.2, 0.25) is 0 Å². The fourth-order valence-corrected chi connectivity index (χ4v) is 5.54. The minimum Gasteiger partial charge on any atom is -0.236 e. The Kier molecular flexibility index (Phi) is 3.23. The second kappa shape index (κ2) is 5.99. The van der Waals surface area contributed by atoms with Crippen LogP contribution in [-0.2, 0) is 5.41 Å². The van der Waals surface area contributed by atoms with E-state index in [-0.39, 0.29) is 0 Å². The van der Waals surface area contributed by atoms with Gasteiger partial charge in [-0.2, -0.15) is 0 Å². The average molecular weight is 394 g/mol. The highest BCUT2D eigenvalue weighted by Gasteiger charge is 2.52. The molecular weight excluding hydrogens is 376 g/mol. The van der Waals surface area contributed by atoms with E-state index in [0.29, 0.717) is 0 Å². The Morgan fingerprint density at radius 2 is 0.968 bits per heavy atom. The predicted octanol–water partition coefficient (Wildman–Crippen LogP) is 6.49. The number of nitrogens with zero attached hydrogens (tertiary/aromatic N) is 2. The Morgan fingerprint density at radius 3 is 1.55 bits per heavy atom. The van der Waals surface area contributed by atoms with E-state index in [9.17, 15) is 0 Å². The maximum absolute atomic E-state index is 5.26. The number of hydrogen-bond donors (Lipinski definition) is 0. The summed E-state index contributed by atoms with van der Waals surface area (Å²) in [5.41, 5.74) is 10.6. The molecule has 1 aromatic heterocycles. The largest absolute Gasteiger partial charge is 0.236 e. The van der Waals surface area contributed by atoms with Crippen LogP contribution in [0.3, 0.4) is 0 Å². The summed E-state index contributed by atoms with van der Waals surface area (Å²) in [5.74, 6) is 0.772. The number of rotatable bonds is 1. The van der Waals surface area contributed by atoms with Crippen LogP contribution >= 0.6 is 0 Å². The topological polar surface area (TPSA) is 25.8 Å². The van der Waals surface area contributed by atoms with Crippen molar-refractivity contribution >= 4 is 0 Å². The van der Waals surface area contributed by atoms with E-state index in [2.05, 4.69) is 84.9 Å². The van der Waals surface area contributed by atoms with Gasteiger partial charge in [-0.05, 0) is 33.4 Å². The molecule has 31 heavy (non-hydrogen) atoms. The van der Waals surface area contributed by atoms with Gasteiger partial charge in [0.2, 0.25) is 0 Å². The van der Waals surface area contributed by atoms with E-state index >= 15 is 0 Å². The molecule has 0 saturated heterocycles. The third kappa shape index (κ3) is 2.02. The zero-order chi connectivity index (χ0) is 20.4. The van der Waals surface area contributed by atoms with Crippen molar-refractivity contribution in [1.82, 2.24) is 9.97 Å². The normalized spacial score (nSPS) is 14.1. The van der Waals surface area contributed by atoms with Crippen LogP contribution < -0.4 is 0 Å². The summed E-state index contributed by atoms with van der Waals surface area (Å²) in [4.78, 5) is 10.0. The Labute approximate surface area is 180 Å². The molecule has 0 unspecified atom stereocenters. The van der Waals surface area contributed by atoms with Gasteiger partial charge in [-0.3, -0.25) is 0 Å². The van der Waals surface area contributed by atoms with Crippen molar-refractivity contribution in [1.29, 1.82) is 0 Å². The molecule has 1 heterocycles. The van der Waals surface area contributed by atoms with Crippen molar-refractivity contribution in [2.75, 3.05) is 0 Å². The highest BCUT2D eigenvalue weighted by atomic mass is 14.9. The van der Waals surface area contributed by atoms with Crippen LogP contribution in [0.15, 0.2) is 109 Å². The number of hydrogen-bond acceptors (Lipinski definition) is 2. The molecule has 0 fully saturated rings. The van der Waals surface area contributed by atoms with Crippen molar-refractivity contribution in [3.63, 3.8) is 0 Å². The van der Waals surface area contributed by atoms with E-state index in [1.807, 2.05) is 24.4 Å². The first-order valence-electron chi connectivity index (χ1n) is 10.6. The predicted molar refractivity (Wildman–Crippen MR) is 124 cm³/mol. The summed E-state index contributed by atoms with van der Waals surface area (Å²) >= 11 is 0. The van der Waals surface area contributed by atoms with E-state index in [4.69, 9.17) is 9.97 Å². The molecule has 2 aliphatic rings. The van der Waals surface area contributed by atoms with Gasteiger partial charge in [-0.15, -0.1) is 0 Å². The summed E-state index contributed by atoms with van der Waals surface area (Å²) in [5, 5.41) is 0. The lowest BCUT2D eigenvalue weighted by Gasteiger charge is -2.29. The molecule has 2 aliphatic carbocycles. The molecule has 0 atom stereocenters. The summed E-state index contributed by atoms with van der Waals surface area (Å²) in [6.45, 7) is 0. The number of benzene rings is 4. The van der Waals surface area contributed by atoms with Gasteiger partial charge in [-0.1, -0.05) is 103 Å². The highest BCUT2D eigenvalue weighted by molar-refractivity contribution is 5.94. The van der Waals surface area contributed by atoms with Crippen LogP contribution in [-0.4, -0.2) is 9.97 Å². The molecule has 0 radical (unpaired) electrons. The van der Waals surface area contributed by atoms with E-state index in [1.54, 1.807) is 0 Å². The quantitative estimate of drug-likeness (QED) is 0.318. The van der Waals surface area contributed by atoms with E-state index in [1.165, 1.54) is 33.4 Å². The van der Waals surface area contributed by atoms with Crippen molar-refractivity contribution in [3.05, 3.63) is 132 Å².